The van der Waals surface area contributed by atoms with E-state index in [1.807, 2.05) is 0 Å². The first-order valence-corrected chi connectivity index (χ1v) is 6.85. The van der Waals surface area contributed by atoms with Gasteiger partial charge in [-0.1, -0.05) is 12.1 Å². The van der Waals surface area contributed by atoms with Gasteiger partial charge in [-0.3, -0.25) is 0 Å². The van der Waals surface area contributed by atoms with E-state index >= 15 is 0 Å². The Bertz CT molecular complexity index is 339. The summed E-state index contributed by atoms with van der Waals surface area (Å²) in [5.74, 6) is 0. The van der Waals surface area contributed by atoms with Gasteiger partial charge in [0.25, 0.3) is 0 Å². The lowest BCUT2D eigenvalue weighted by Gasteiger charge is -2.28. The number of anilines is 1. The van der Waals surface area contributed by atoms with Crippen LogP contribution < -0.4 is 10.2 Å². The number of rotatable bonds is 9. The lowest BCUT2D eigenvalue weighted by atomic mass is 10.1. The maximum absolute atomic E-state index is 9.10. The molecule has 0 spiro atoms. The number of nitrogens with zero attached hydrogens (tertiary/aromatic N) is 1. The molecule has 4 nitrogen and oxygen atoms in total. The molecule has 0 saturated carbocycles. The Hall–Kier alpha value is -1.10. The van der Waals surface area contributed by atoms with E-state index in [4.69, 9.17) is 9.84 Å². The second-order valence-electron chi connectivity index (χ2n) is 4.85. The van der Waals surface area contributed by atoms with Crippen LogP contribution in [0.2, 0.25) is 0 Å². The molecule has 19 heavy (non-hydrogen) atoms. The van der Waals surface area contributed by atoms with E-state index in [2.05, 4.69) is 48.3 Å². The largest absolute Gasteiger partial charge is 0.395 e. The molecule has 0 saturated heterocycles. The van der Waals surface area contributed by atoms with Gasteiger partial charge < -0.3 is 20.1 Å². The Balaban J connectivity index is 2.54. The summed E-state index contributed by atoms with van der Waals surface area (Å²) in [6.45, 7) is 7.56. The fraction of sp³-hybridized carbons (Fsp3) is 0.600. The second-order valence-corrected chi connectivity index (χ2v) is 4.85. The summed E-state index contributed by atoms with van der Waals surface area (Å²) in [6, 6.07) is 8.87. The highest BCUT2D eigenvalue weighted by atomic mass is 16.5. The third-order valence-corrected chi connectivity index (χ3v) is 3.04. The zero-order valence-electron chi connectivity index (χ0n) is 12.2. The molecule has 0 aliphatic carbocycles. The minimum atomic E-state index is 0.179. The van der Waals surface area contributed by atoms with E-state index in [9.17, 15) is 0 Å². The number of aliphatic hydroxyl groups is 1. The molecule has 0 radical (unpaired) electrons. The molecule has 0 aliphatic rings. The molecule has 0 bridgehead atoms. The van der Waals surface area contributed by atoms with Crippen molar-refractivity contribution in [3.63, 3.8) is 0 Å². The van der Waals surface area contributed by atoms with Crippen molar-refractivity contribution in [3.8, 4) is 0 Å². The normalized spacial score (nSPS) is 11.0. The second kappa shape index (κ2) is 8.91. The summed E-state index contributed by atoms with van der Waals surface area (Å²) < 4.78 is 4.99. The molecular formula is C15H26N2O2. The van der Waals surface area contributed by atoms with Gasteiger partial charge in [0.15, 0.2) is 0 Å². The van der Waals surface area contributed by atoms with E-state index in [1.54, 1.807) is 7.11 Å². The smallest absolute Gasteiger partial charge is 0.0606 e. The SMILES string of the molecule is COCCNCc1ccc(N(CCO)C(C)C)cc1. The van der Waals surface area contributed by atoms with Crippen LogP contribution in [0.25, 0.3) is 0 Å². The van der Waals surface area contributed by atoms with E-state index in [1.165, 1.54) is 5.56 Å². The quantitative estimate of drug-likeness (QED) is 0.667. The Morgan fingerprint density at radius 2 is 1.95 bits per heavy atom. The average Bonchev–Trinajstić information content (AvgIpc) is 2.41. The van der Waals surface area contributed by atoms with Crippen LogP contribution in [-0.4, -0.2) is 44.6 Å². The number of aliphatic hydroxyl groups excluding tert-OH is 1. The number of methoxy groups -OCH3 is 1. The molecule has 1 rings (SSSR count). The highest BCUT2D eigenvalue weighted by molar-refractivity contribution is 5.48. The summed E-state index contributed by atoms with van der Waals surface area (Å²) in [6.07, 6.45) is 0. The monoisotopic (exact) mass is 266 g/mol. The van der Waals surface area contributed by atoms with Crippen molar-refractivity contribution in [1.82, 2.24) is 5.32 Å². The molecule has 108 valence electrons. The van der Waals surface area contributed by atoms with Gasteiger partial charge in [-0.05, 0) is 31.5 Å². The third-order valence-electron chi connectivity index (χ3n) is 3.04. The van der Waals surface area contributed by atoms with Crippen LogP contribution in [0.5, 0.6) is 0 Å². The summed E-state index contributed by atoms with van der Waals surface area (Å²) in [5.41, 5.74) is 2.41. The van der Waals surface area contributed by atoms with Gasteiger partial charge in [-0.25, -0.2) is 0 Å². The summed E-state index contributed by atoms with van der Waals surface area (Å²) in [4.78, 5) is 2.20. The molecule has 2 N–H and O–H groups in total. The van der Waals surface area contributed by atoms with Crippen LogP contribution in [-0.2, 0) is 11.3 Å². The Kier molecular flexibility index (Phi) is 7.48. The number of nitrogens with one attached hydrogen (secondary N) is 1. The van der Waals surface area contributed by atoms with Crippen LogP contribution in [0.3, 0.4) is 0 Å². The van der Waals surface area contributed by atoms with Crippen molar-refractivity contribution in [1.29, 1.82) is 0 Å². The van der Waals surface area contributed by atoms with E-state index in [0.717, 1.165) is 25.4 Å². The lowest BCUT2D eigenvalue weighted by Crippen LogP contribution is -2.33. The van der Waals surface area contributed by atoms with E-state index in [-0.39, 0.29) is 6.61 Å². The number of ether oxygens (including phenoxy) is 1. The van der Waals surface area contributed by atoms with Crippen LogP contribution in [0.15, 0.2) is 24.3 Å². The van der Waals surface area contributed by atoms with Crippen LogP contribution in [0, 0.1) is 0 Å². The van der Waals surface area contributed by atoms with Gasteiger partial charge in [0.05, 0.1) is 13.2 Å². The molecule has 0 heterocycles. The van der Waals surface area contributed by atoms with Crippen molar-refractivity contribution >= 4 is 5.69 Å². The van der Waals surface area contributed by atoms with Crippen molar-refractivity contribution in [2.45, 2.75) is 26.4 Å². The van der Waals surface area contributed by atoms with Crippen molar-refractivity contribution < 1.29 is 9.84 Å². The van der Waals surface area contributed by atoms with Crippen LogP contribution in [0.1, 0.15) is 19.4 Å². The standard InChI is InChI=1S/C15H26N2O2/c1-13(2)17(9-10-18)15-6-4-14(5-7-15)12-16-8-11-19-3/h4-7,13,16,18H,8-12H2,1-3H3. The first-order chi connectivity index (χ1) is 9.19. The summed E-state index contributed by atoms with van der Waals surface area (Å²) in [5, 5.41) is 12.4. The van der Waals surface area contributed by atoms with Crippen molar-refractivity contribution in [2.75, 3.05) is 38.3 Å². The first-order valence-electron chi connectivity index (χ1n) is 6.85. The zero-order valence-corrected chi connectivity index (χ0v) is 12.2. The number of benzene rings is 1. The van der Waals surface area contributed by atoms with Crippen molar-refractivity contribution in [3.05, 3.63) is 29.8 Å². The molecule has 0 atom stereocenters. The van der Waals surface area contributed by atoms with Crippen molar-refractivity contribution in [2.24, 2.45) is 0 Å². The summed E-state index contributed by atoms with van der Waals surface area (Å²) >= 11 is 0. The maximum Gasteiger partial charge on any atom is 0.0606 e. The van der Waals surface area contributed by atoms with E-state index in [0.29, 0.717) is 12.6 Å². The molecule has 0 unspecified atom stereocenters. The number of hydrogen-bond acceptors (Lipinski definition) is 4. The van der Waals surface area contributed by atoms with Crippen LogP contribution >= 0.6 is 0 Å². The fourth-order valence-electron chi connectivity index (χ4n) is 2.01. The predicted octanol–water partition coefficient (Wildman–Crippen LogP) is 1.63. The van der Waals surface area contributed by atoms with E-state index < -0.39 is 0 Å². The zero-order chi connectivity index (χ0) is 14.1. The molecule has 1 aromatic carbocycles. The molecule has 0 aliphatic heterocycles. The highest BCUT2D eigenvalue weighted by Gasteiger charge is 2.09. The predicted molar refractivity (Wildman–Crippen MR) is 79.6 cm³/mol. The maximum atomic E-state index is 9.10. The molecule has 4 heteroatoms. The molecule has 0 aromatic heterocycles. The van der Waals surface area contributed by atoms with Gasteiger partial charge in [0, 0.05) is 38.5 Å². The fourth-order valence-corrected chi connectivity index (χ4v) is 2.01. The third kappa shape index (κ3) is 5.59. The molecule has 1 aromatic rings. The van der Waals surface area contributed by atoms with Gasteiger partial charge in [-0.15, -0.1) is 0 Å². The molecular weight excluding hydrogens is 240 g/mol. The van der Waals surface area contributed by atoms with Gasteiger partial charge in [0.2, 0.25) is 0 Å². The summed E-state index contributed by atoms with van der Waals surface area (Å²) in [7, 11) is 1.71. The van der Waals surface area contributed by atoms with Gasteiger partial charge in [-0.2, -0.15) is 0 Å². The topological polar surface area (TPSA) is 44.7 Å². The Morgan fingerprint density at radius 3 is 2.47 bits per heavy atom. The van der Waals surface area contributed by atoms with Gasteiger partial charge >= 0.3 is 0 Å². The Labute approximate surface area is 116 Å². The van der Waals surface area contributed by atoms with Gasteiger partial charge in [0.1, 0.15) is 0 Å². The first kappa shape index (κ1) is 16.0. The average molecular weight is 266 g/mol. The molecule has 0 fully saturated rings. The Morgan fingerprint density at radius 1 is 1.26 bits per heavy atom. The minimum Gasteiger partial charge on any atom is -0.395 e. The van der Waals surface area contributed by atoms with Crippen LogP contribution in [0.4, 0.5) is 5.69 Å². The number of hydrogen-bond donors (Lipinski definition) is 2. The lowest BCUT2D eigenvalue weighted by molar-refractivity contribution is 0.199. The highest BCUT2D eigenvalue weighted by Crippen LogP contribution is 2.17. The minimum absolute atomic E-state index is 0.179. The molecule has 0 amide bonds.